The Morgan fingerprint density at radius 2 is 1.72 bits per heavy atom. The molecule has 3 aliphatic rings. The van der Waals surface area contributed by atoms with E-state index in [1.54, 1.807) is 12.1 Å². The molecule has 1 saturated carbocycles. The molecule has 0 aromatic heterocycles. The summed E-state index contributed by atoms with van der Waals surface area (Å²) in [4.78, 5) is 12.4. The molecule has 2 aromatic rings. The number of halogens is 2. The summed E-state index contributed by atoms with van der Waals surface area (Å²) in [5, 5.41) is 14.0. The van der Waals surface area contributed by atoms with E-state index in [-0.39, 0.29) is 5.41 Å². The maximum atomic E-state index is 12.4. The Morgan fingerprint density at radius 3 is 2.38 bits per heavy atom. The molecule has 0 unspecified atom stereocenters. The first kappa shape index (κ1) is 21.7. The first-order valence-corrected chi connectivity index (χ1v) is 12.2. The van der Waals surface area contributed by atoms with Gasteiger partial charge in [0.15, 0.2) is 11.5 Å². The van der Waals surface area contributed by atoms with E-state index in [1.165, 1.54) is 5.56 Å². The van der Waals surface area contributed by atoms with E-state index >= 15 is 0 Å². The van der Waals surface area contributed by atoms with E-state index in [0.717, 1.165) is 40.1 Å². The molecule has 2 aliphatic carbocycles. The monoisotopic (exact) mass is 517 g/mol. The van der Waals surface area contributed by atoms with Crippen LogP contribution in [0.15, 0.2) is 40.9 Å². The van der Waals surface area contributed by atoms with Crippen LogP contribution in [0, 0.1) is 0 Å². The number of carboxylic acids is 1. The molecule has 5 rings (SSSR count). The van der Waals surface area contributed by atoms with Gasteiger partial charge in [-0.3, -0.25) is 0 Å². The molecule has 168 valence electrons. The Hall–Kier alpha value is -2.18. The summed E-state index contributed by atoms with van der Waals surface area (Å²) in [5.74, 6) is 0.737. The molecule has 0 saturated heterocycles. The number of hydrogen-bond donors (Lipinski definition) is 2. The van der Waals surface area contributed by atoms with Gasteiger partial charge in [0.05, 0.1) is 13.2 Å². The van der Waals surface area contributed by atoms with Crippen LogP contribution in [-0.4, -0.2) is 29.8 Å². The molecule has 1 aliphatic heterocycles. The Labute approximate surface area is 200 Å². The number of fused-ring (bicyclic) bond motifs is 3. The fourth-order valence-corrected chi connectivity index (χ4v) is 6.20. The van der Waals surface area contributed by atoms with Crippen molar-refractivity contribution in [1.82, 2.24) is 0 Å². The lowest BCUT2D eigenvalue weighted by Gasteiger charge is -2.44. The first-order chi connectivity index (χ1) is 15.4. The molecule has 2 N–H and O–H groups in total. The third-order valence-corrected chi connectivity index (χ3v) is 8.22. The number of aliphatic carboxylic acids is 1. The minimum absolute atomic E-state index is 0.245. The predicted molar refractivity (Wildman–Crippen MR) is 129 cm³/mol. The minimum atomic E-state index is -1.03. The molecule has 0 bridgehead atoms. The van der Waals surface area contributed by atoms with Crippen molar-refractivity contribution in [3.05, 3.63) is 57.0 Å². The van der Waals surface area contributed by atoms with Gasteiger partial charge in [0.25, 0.3) is 0 Å². The van der Waals surface area contributed by atoms with Gasteiger partial charge in [-0.25, -0.2) is 4.79 Å². The molecule has 5 nitrogen and oxygen atoms in total. The summed E-state index contributed by atoms with van der Waals surface area (Å²) in [6.45, 7) is 1.38. The summed E-state index contributed by atoms with van der Waals surface area (Å²) >= 11 is 9.94. The average molecular weight is 519 g/mol. The predicted octanol–water partition coefficient (Wildman–Crippen LogP) is 6.39. The van der Waals surface area contributed by atoms with E-state index in [2.05, 4.69) is 39.5 Å². The molecule has 1 spiro atoms. The molecule has 1 fully saturated rings. The summed E-state index contributed by atoms with van der Waals surface area (Å²) in [5.41, 5.74) is 1.75. The third-order valence-electron chi connectivity index (χ3n) is 7.00. The number of hydrogen-bond acceptors (Lipinski definition) is 4. The standard InChI is InChI=1S/C25H25BrClNO4/c26-22-13-16-12-20-21(32-11-2-1-10-31-20)15-19(16)24(22)6-8-25(9-7-24,23(29)30)28-18-5-3-4-17(27)14-18/h3-5,12-15,28H,1-2,6-11H2,(H,29,30). The summed E-state index contributed by atoms with van der Waals surface area (Å²) in [6, 6.07) is 11.4. The zero-order valence-corrected chi connectivity index (χ0v) is 20.0. The Morgan fingerprint density at radius 1 is 1.03 bits per heavy atom. The second-order valence-corrected chi connectivity index (χ2v) is 10.2. The number of allylic oxidation sites excluding steroid dienone is 1. The average Bonchev–Trinajstić information content (AvgIpc) is 3.00. The Balaban J connectivity index is 1.45. The normalized spacial score (nSPS) is 26.6. The molecular formula is C25H25BrClNO4. The lowest BCUT2D eigenvalue weighted by Crippen LogP contribution is -2.52. The fourth-order valence-electron chi connectivity index (χ4n) is 5.15. The van der Waals surface area contributed by atoms with Gasteiger partial charge in [0.2, 0.25) is 0 Å². The molecule has 0 atom stereocenters. The van der Waals surface area contributed by atoms with Crippen LogP contribution in [0.3, 0.4) is 0 Å². The number of nitrogens with one attached hydrogen (secondary N) is 1. The van der Waals surface area contributed by atoms with Crippen LogP contribution in [-0.2, 0) is 10.2 Å². The van der Waals surface area contributed by atoms with Crippen molar-refractivity contribution < 1.29 is 19.4 Å². The van der Waals surface area contributed by atoms with Crippen molar-refractivity contribution in [2.45, 2.75) is 49.5 Å². The van der Waals surface area contributed by atoms with E-state index in [1.807, 2.05) is 12.1 Å². The van der Waals surface area contributed by atoms with Gasteiger partial charge in [-0.05, 0) is 86.1 Å². The van der Waals surface area contributed by atoms with Crippen molar-refractivity contribution in [1.29, 1.82) is 0 Å². The van der Waals surface area contributed by atoms with Crippen LogP contribution in [0.4, 0.5) is 5.69 Å². The van der Waals surface area contributed by atoms with Crippen molar-refractivity contribution in [2.24, 2.45) is 0 Å². The van der Waals surface area contributed by atoms with Crippen molar-refractivity contribution in [3.8, 4) is 11.5 Å². The lowest BCUT2D eigenvalue weighted by atomic mass is 9.65. The molecular weight excluding hydrogens is 494 g/mol. The molecule has 7 heteroatoms. The highest BCUT2D eigenvalue weighted by atomic mass is 79.9. The quantitative estimate of drug-likeness (QED) is 0.493. The Bertz CT molecular complexity index is 1090. The number of carboxylic acid groups (broad SMARTS) is 1. The van der Waals surface area contributed by atoms with Gasteiger partial charge in [0, 0.05) is 20.6 Å². The van der Waals surface area contributed by atoms with E-state index in [0.29, 0.717) is 43.9 Å². The molecule has 1 heterocycles. The topological polar surface area (TPSA) is 67.8 Å². The van der Waals surface area contributed by atoms with Gasteiger partial charge >= 0.3 is 5.97 Å². The van der Waals surface area contributed by atoms with Gasteiger partial charge < -0.3 is 19.9 Å². The molecule has 32 heavy (non-hydrogen) atoms. The van der Waals surface area contributed by atoms with Crippen molar-refractivity contribution in [2.75, 3.05) is 18.5 Å². The first-order valence-electron chi connectivity index (χ1n) is 11.0. The number of carbonyl (C=O) groups is 1. The number of ether oxygens (including phenoxy) is 2. The SMILES string of the molecule is O=C(O)C1(Nc2cccc(Cl)c2)CCC2(CC1)C(Br)=Cc1cc3c(cc12)OCCCCO3. The summed E-state index contributed by atoms with van der Waals surface area (Å²) < 4.78 is 13.0. The second kappa shape index (κ2) is 8.31. The van der Waals surface area contributed by atoms with Crippen LogP contribution >= 0.6 is 27.5 Å². The third kappa shape index (κ3) is 3.67. The maximum absolute atomic E-state index is 12.4. The van der Waals surface area contributed by atoms with Gasteiger partial charge in [-0.15, -0.1) is 0 Å². The Kier molecular flexibility index (Phi) is 5.62. The zero-order chi connectivity index (χ0) is 22.3. The highest BCUT2D eigenvalue weighted by Crippen LogP contribution is 2.57. The molecule has 2 aromatic carbocycles. The van der Waals surface area contributed by atoms with Crippen LogP contribution < -0.4 is 14.8 Å². The maximum Gasteiger partial charge on any atom is 0.329 e. The van der Waals surface area contributed by atoms with Crippen LogP contribution in [0.2, 0.25) is 5.02 Å². The number of anilines is 1. The lowest BCUT2D eigenvalue weighted by molar-refractivity contribution is -0.143. The smallest absolute Gasteiger partial charge is 0.329 e. The molecule has 0 amide bonds. The van der Waals surface area contributed by atoms with Crippen LogP contribution in [0.1, 0.15) is 49.7 Å². The highest BCUT2D eigenvalue weighted by molar-refractivity contribution is 9.11. The number of benzene rings is 2. The van der Waals surface area contributed by atoms with Crippen molar-refractivity contribution in [3.63, 3.8) is 0 Å². The van der Waals surface area contributed by atoms with E-state index in [4.69, 9.17) is 21.1 Å². The van der Waals surface area contributed by atoms with E-state index in [9.17, 15) is 9.90 Å². The van der Waals surface area contributed by atoms with Crippen molar-refractivity contribution >= 4 is 45.3 Å². The van der Waals surface area contributed by atoms with Gasteiger partial charge in [-0.2, -0.15) is 0 Å². The minimum Gasteiger partial charge on any atom is -0.490 e. The summed E-state index contributed by atoms with van der Waals surface area (Å²) in [7, 11) is 0. The van der Waals surface area contributed by atoms with Gasteiger partial charge in [-0.1, -0.05) is 33.6 Å². The van der Waals surface area contributed by atoms with E-state index < -0.39 is 11.5 Å². The van der Waals surface area contributed by atoms with Crippen LogP contribution in [0.25, 0.3) is 6.08 Å². The fraction of sp³-hybridized carbons (Fsp3) is 0.400. The second-order valence-electron chi connectivity index (χ2n) is 8.89. The van der Waals surface area contributed by atoms with Gasteiger partial charge in [0.1, 0.15) is 5.54 Å². The zero-order valence-electron chi connectivity index (χ0n) is 17.6. The highest BCUT2D eigenvalue weighted by Gasteiger charge is 2.51. The number of rotatable bonds is 3. The molecule has 0 radical (unpaired) electrons. The largest absolute Gasteiger partial charge is 0.490 e. The summed E-state index contributed by atoms with van der Waals surface area (Å²) in [6.07, 6.45) is 6.50. The van der Waals surface area contributed by atoms with Crippen LogP contribution in [0.5, 0.6) is 11.5 Å².